The molecule has 0 saturated heterocycles. The van der Waals surface area contributed by atoms with Crippen molar-refractivity contribution in [3.8, 4) is 17.4 Å². The number of para-hydroxylation sites is 1. The standard InChI is InChI=1S/C26H19N2O2S.Pt/c1-26-15-18-6-2-3-10-20(18)24(26)28-25(31-26)17-8-4-9-19(14-17)30-22-13-12-16-7-5-11-21(29)23(16)27-22;/h2-13,24,29H,15H2,1H3;/q-1;/t24-,26+;/m0./s1/i15D2;. The number of hydrogen-bond donors (Lipinski definition) is 1. The van der Waals surface area contributed by atoms with Crippen LogP contribution in [0.5, 0.6) is 17.4 Å². The van der Waals surface area contributed by atoms with Crippen LogP contribution in [0.25, 0.3) is 10.9 Å². The second-order valence-electron chi connectivity index (χ2n) is 7.79. The van der Waals surface area contributed by atoms with E-state index in [0.717, 1.165) is 27.1 Å². The van der Waals surface area contributed by atoms with Crippen molar-refractivity contribution in [1.82, 2.24) is 4.98 Å². The van der Waals surface area contributed by atoms with Gasteiger partial charge in [0.1, 0.15) is 11.3 Å². The van der Waals surface area contributed by atoms with Crippen molar-refractivity contribution in [3.05, 3.63) is 95.6 Å². The smallest absolute Gasteiger partial charge is 0.217 e. The summed E-state index contributed by atoms with van der Waals surface area (Å²) in [6, 6.07) is 25.1. The van der Waals surface area contributed by atoms with Gasteiger partial charge in [0.25, 0.3) is 0 Å². The van der Waals surface area contributed by atoms with Crippen LogP contribution in [-0.2, 0) is 27.4 Å². The number of aliphatic imine (C=N–C) groups is 1. The number of phenols is 1. The first-order valence-electron chi connectivity index (χ1n) is 11.0. The Kier molecular flexibility index (Phi) is 4.76. The number of aromatic nitrogens is 1. The van der Waals surface area contributed by atoms with Gasteiger partial charge in [0.2, 0.25) is 5.88 Å². The number of rotatable bonds is 3. The first-order chi connectivity index (χ1) is 15.9. The minimum atomic E-state index is -1.50. The largest absolute Gasteiger partial charge is 0.506 e. The molecule has 6 rings (SSSR count). The van der Waals surface area contributed by atoms with Gasteiger partial charge in [-0.25, -0.2) is 4.98 Å². The van der Waals surface area contributed by atoms with E-state index in [2.05, 4.69) is 11.1 Å². The van der Waals surface area contributed by atoms with E-state index in [0.29, 0.717) is 17.1 Å². The molecule has 1 N–H and O–H groups in total. The Balaban J connectivity index is 0.00000241. The molecule has 0 fully saturated rings. The molecule has 0 saturated carbocycles. The number of nitrogens with zero attached hydrogens (tertiary/aromatic N) is 2. The zero-order valence-electron chi connectivity index (χ0n) is 19.0. The zero-order chi connectivity index (χ0) is 22.8. The van der Waals surface area contributed by atoms with E-state index in [9.17, 15) is 5.11 Å². The fourth-order valence-electron chi connectivity index (χ4n) is 4.14. The third kappa shape index (κ3) is 3.54. The van der Waals surface area contributed by atoms with Crippen LogP contribution in [0.4, 0.5) is 0 Å². The van der Waals surface area contributed by atoms with Gasteiger partial charge in [-0.1, -0.05) is 42.5 Å². The molecule has 0 bridgehead atoms. The zero-order valence-corrected chi connectivity index (χ0v) is 20.1. The Bertz CT molecular complexity index is 1460. The first-order valence-corrected chi connectivity index (χ1v) is 10.8. The van der Waals surface area contributed by atoms with Gasteiger partial charge in [0.05, 0.1) is 6.04 Å². The average Bonchev–Trinajstić information content (AvgIpc) is 3.25. The molecular formula is C26H19N2O2PtS-. The summed E-state index contributed by atoms with van der Waals surface area (Å²) in [5.74, 6) is 0.929. The van der Waals surface area contributed by atoms with Crippen molar-refractivity contribution in [2.75, 3.05) is 0 Å². The van der Waals surface area contributed by atoms with Crippen LogP contribution in [0, 0.1) is 6.07 Å². The molecule has 0 spiro atoms. The second-order valence-corrected chi connectivity index (χ2v) is 9.23. The molecule has 162 valence electrons. The molecule has 4 nitrogen and oxygen atoms in total. The number of aromatic hydroxyl groups is 1. The number of pyridine rings is 1. The maximum Gasteiger partial charge on any atom is 0.217 e. The average molecular weight is 621 g/mol. The van der Waals surface area contributed by atoms with Crippen LogP contribution in [0.15, 0.2) is 77.8 Å². The molecule has 1 aliphatic carbocycles. The molecule has 6 heteroatoms. The number of fused-ring (bicyclic) bond motifs is 4. The predicted octanol–water partition coefficient (Wildman–Crippen LogP) is 6.08. The molecule has 3 aromatic carbocycles. The van der Waals surface area contributed by atoms with Gasteiger partial charge in [0.15, 0.2) is 0 Å². The normalized spacial score (nSPS) is 23.4. The summed E-state index contributed by atoms with van der Waals surface area (Å²) in [4.78, 5) is 9.36. The summed E-state index contributed by atoms with van der Waals surface area (Å²) in [5, 5.41) is 11.7. The molecule has 2 heterocycles. The van der Waals surface area contributed by atoms with Crippen molar-refractivity contribution >= 4 is 27.7 Å². The van der Waals surface area contributed by atoms with E-state index < -0.39 is 11.1 Å². The van der Waals surface area contributed by atoms with Crippen molar-refractivity contribution < 1.29 is 33.7 Å². The molecule has 1 aliphatic heterocycles. The summed E-state index contributed by atoms with van der Waals surface area (Å²) in [7, 11) is 0. The third-order valence-electron chi connectivity index (χ3n) is 5.60. The van der Waals surface area contributed by atoms with Crippen LogP contribution in [0.2, 0.25) is 0 Å². The monoisotopic (exact) mass is 620 g/mol. The van der Waals surface area contributed by atoms with Gasteiger partial charge in [-0.15, -0.1) is 35.5 Å². The quantitative estimate of drug-likeness (QED) is 0.282. The molecule has 32 heavy (non-hydrogen) atoms. The van der Waals surface area contributed by atoms with Gasteiger partial charge < -0.3 is 14.8 Å². The van der Waals surface area contributed by atoms with Crippen molar-refractivity contribution in [3.63, 3.8) is 0 Å². The Morgan fingerprint density at radius 1 is 1.09 bits per heavy atom. The fraction of sp³-hybridized carbons (Fsp3) is 0.154. The van der Waals surface area contributed by atoms with Crippen molar-refractivity contribution in [1.29, 1.82) is 0 Å². The number of benzene rings is 3. The van der Waals surface area contributed by atoms with Gasteiger partial charge in [-0.3, -0.25) is 0 Å². The van der Waals surface area contributed by atoms with Gasteiger partial charge in [-0.05, 0) is 36.6 Å². The number of hydrogen-bond acceptors (Lipinski definition) is 5. The fourth-order valence-corrected chi connectivity index (χ4v) is 5.38. The number of ether oxygens (including phenoxy) is 1. The molecule has 0 unspecified atom stereocenters. The van der Waals surface area contributed by atoms with Gasteiger partial charge in [-0.2, -0.15) is 0 Å². The predicted molar refractivity (Wildman–Crippen MR) is 124 cm³/mol. The Morgan fingerprint density at radius 3 is 2.84 bits per heavy atom. The van der Waals surface area contributed by atoms with E-state index >= 15 is 0 Å². The van der Waals surface area contributed by atoms with Crippen molar-refractivity contribution in [2.45, 2.75) is 24.1 Å². The molecule has 2 atom stereocenters. The van der Waals surface area contributed by atoms with Crippen LogP contribution >= 0.6 is 11.8 Å². The van der Waals surface area contributed by atoms with Crippen LogP contribution < -0.4 is 4.74 Å². The Morgan fingerprint density at radius 2 is 1.94 bits per heavy atom. The van der Waals surface area contributed by atoms with E-state index in [1.165, 1.54) is 11.8 Å². The number of thioether (sulfide) groups is 1. The van der Waals surface area contributed by atoms with E-state index in [-0.39, 0.29) is 32.9 Å². The van der Waals surface area contributed by atoms with Crippen molar-refractivity contribution in [2.24, 2.45) is 4.99 Å². The maximum atomic E-state index is 10.1. The molecule has 0 radical (unpaired) electrons. The van der Waals surface area contributed by atoms with E-state index in [1.54, 1.807) is 24.3 Å². The summed E-state index contributed by atoms with van der Waals surface area (Å²) in [6.45, 7) is 1.95. The van der Waals surface area contributed by atoms with Crippen LogP contribution in [0.3, 0.4) is 0 Å². The number of phenolic OH excluding ortho intramolecular Hbond substituents is 1. The van der Waals surface area contributed by atoms with E-state index in [4.69, 9.17) is 12.5 Å². The third-order valence-corrected chi connectivity index (χ3v) is 6.87. The van der Waals surface area contributed by atoms with E-state index in [1.807, 2.05) is 55.5 Å². The molecule has 2 aliphatic rings. The maximum absolute atomic E-state index is 10.1. The topological polar surface area (TPSA) is 54.7 Å². The molecular weight excluding hydrogens is 599 g/mol. The first kappa shape index (κ1) is 18.9. The Hall–Kier alpha value is -2.62. The summed E-state index contributed by atoms with van der Waals surface area (Å²) in [6.07, 6.45) is -1.50. The van der Waals surface area contributed by atoms with Gasteiger partial charge in [0, 0.05) is 50.8 Å². The molecule has 0 amide bonds. The minimum Gasteiger partial charge on any atom is -0.506 e. The SMILES string of the molecule is [2H]C1([2H])c2ccccc2[C@@H]2N=C(c3[c-]c(Oc4ccc5cccc(O)c5n4)ccc3)S[C@@]21C.[Pt]. The van der Waals surface area contributed by atoms with Crippen LogP contribution in [0.1, 0.15) is 32.4 Å². The Labute approximate surface area is 207 Å². The summed E-state index contributed by atoms with van der Waals surface area (Å²) < 4.78 is 22.9. The minimum absolute atomic E-state index is 0. The van der Waals surface area contributed by atoms with Gasteiger partial charge >= 0.3 is 0 Å². The molecule has 4 aromatic rings. The summed E-state index contributed by atoms with van der Waals surface area (Å²) >= 11 is 1.46. The van der Waals surface area contributed by atoms with Crippen LogP contribution in [-0.4, -0.2) is 19.9 Å². The molecule has 1 aromatic heterocycles. The second kappa shape index (κ2) is 8.06. The summed E-state index contributed by atoms with van der Waals surface area (Å²) in [5.41, 5.74) is 2.90.